The number of nitrogens with zero attached hydrogens (tertiary/aromatic N) is 1. The predicted molar refractivity (Wildman–Crippen MR) is 48.5 cm³/mol. The fourth-order valence-electron chi connectivity index (χ4n) is 1.38. The Morgan fingerprint density at radius 2 is 2.15 bits per heavy atom. The third-order valence-corrected chi connectivity index (χ3v) is 2.22. The summed E-state index contributed by atoms with van der Waals surface area (Å²) in [7, 11) is 0. The largest absolute Gasteiger partial charge is 0.465 e. The quantitative estimate of drug-likeness (QED) is 0.594. The van der Waals surface area contributed by atoms with Gasteiger partial charge in [0.1, 0.15) is 6.04 Å². The molecular formula is C9H17NO3. The van der Waals surface area contributed by atoms with Gasteiger partial charge < -0.3 is 9.47 Å². The second-order valence-corrected chi connectivity index (χ2v) is 3.08. The van der Waals surface area contributed by atoms with Crippen LogP contribution in [0.15, 0.2) is 0 Å². The number of carbonyl (C=O) groups is 1. The van der Waals surface area contributed by atoms with Crippen molar-refractivity contribution in [3.63, 3.8) is 0 Å². The van der Waals surface area contributed by atoms with Crippen LogP contribution in [0.2, 0.25) is 0 Å². The Balaban J connectivity index is 2.35. The zero-order chi connectivity index (χ0) is 9.68. The Morgan fingerprint density at radius 1 is 1.54 bits per heavy atom. The first kappa shape index (κ1) is 10.5. The van der Waals surface area contributed by atoms with E-state index in [1.165, 1.54) is 0 Å². The van der Waals surface area contributed by atoms with Gasteiger partial charge in [0.2, 0.25) is 0 Å². The lowest BCUT2D eigenvalue weighted by Crippen LogP contribution is -2.46. The molecular weight excluding hydrogens is 170 g/mol. The van der Waals surface area contributed by atoms with Crippen molar-refractivity contribution >= 4 is 5.97 Å². The molecule has 13 heavy (non-hydrogen) atoms. The molecule has 1 rings (SSSR count). The van der Waals surface area contributed by atoms with Crippen LogP contribution in [-0.4, -0.2) is 49.8 Å². The number of carbonyl (C=O) groups excluding carboxylic acids is 1. The third kappa shape index (κ3) is 2.97. The first-order valence-corrected chi connectivity index (χ1v) is 4.74. The third-order valence-electron chi connectivity index (χ3n) is 2.22. The van der Waals surface area contributed by atoms with E-state index in [9.17, 15) is 4.79 Å². The normalized spacial score (nSPS) is 21.1. The fourth-order valence-corrected chi connectivity index (χ4v) is 1.38. The zero-order valence-corrected chi connectivity index (χ0v) is 8.28. The number of esters is 1. The second kappa shape index (κ2) is 5.19. The molecule has 0 aromatic heterocycles. The molecule has 0 amide bonds. The van der Waals surface area contributed by atoms with E-state index in [0.717, 1.165) is 13.1 Å². The lowest BCUT2D eigenvalue weighted by molar-refractivity contribution is -0.150. The summed E-state index contributed by atoms with van der Waals surface area (Å²) < 4.78 is 10.1. The topological polar surface area (TPSA) is 38.8 Å². The molecule has 0 radical (unpaired) electrons. The van der Waals surface area contributed by atoms with E-state index in [1.54, 1.807) is 0 Å². The summed E-state index contributed by atoms with van der Waals surface area (Å²) in [6.45, 7) is 7.22. The van der Waals surface area contributed by atoms with E-state index in [0.29, 0.717) is 19.8 Å². The molecule has 1 fully saturated rings. The van der Waals surface area contributed by atoms with Crippen molar-refractivity contribution in [3.05, 3.63) is 0 Å². The van der Waals surface area contributed by atoms with Crippen LogP contribution in [0.3, 0.4) is 0 Å². The van der Waals surface area contributed by atoms with Crippen molar-refractivity contribution in [3.8, 4) is 0 Å². The van der Waals surface area contributed by atoms with Gasteiger partial charge in [-0.05, 0) is 13.8 Å². The predicted octanol–water partition coefficient (Wildman–Crippen LogP) is 0.270. The lowest BCUT2D eigenvalue weighted by Gasteiger charge is -2.30. The van der Waals surface area contributed by atoms with Gasteiger partial charge in [0.25, 0.3) is 0 Å². The van der Waals surface area contributed by atoms with Gasteiger partial charge in [-0.2, -0.15) is 0 Å². The van der Waals surface area contributed by atoms with Crippen LogP contribution in [0.5, 0.6) is 0 Å². The van der Waals surface area contributed by atoms with Crippen molar-refractivity contribution in [2.75, 3.05) is 32.9 Å². The van der Waals surface area contributed by atoms with E-state index in [-0.39, 0.29) is 12.0 Å². The maximum atomic E-state index is 11.3. The molecule has 1 atom stereocenters. The van der Waals surface area contributed by atoms with E-state index >= 15 is 0 Å². The fraction of sp³-hybridized carbons (Fsp3) is 0.889. The van der Waals surface area contributed by atoms with Crippen molar-refractivity contribution < 1.29 is 14.3 Å². The average molecular weight is 187 g/mol. The summed E-state index contributed by atoms with van der Waals surface area (Å²) in [6.07, 6.45) is 0. The highest BCUT2D eigenvalue weighted by molar-refractivity contribution is 5.75. The number of hydrogen-bond donors (Lipinski definition) is 0. The van der Waals surface area contributed by atoms with Crippen molar-refractivity contribution in [1.29, 1.82) is 0 Å². The van der Waals surface area contributed by atoms with Crippen LogP contribution in [0.1, 0.15) is 13.8 Å². The molecule has 0 N–H and O–H groups in total. The van der Waals surface area contributed by atoms with Gasteiger partial charge >= 0.3 is 5.97 Å². The summed E-state index contributed by atoms with van der Waals surface area (Å²) in [4.78, 5) is 13.4. The Hall–Kier alpha value is -0.610. The molecule has 1 heterocycles. The molecule has 0 aromatic carbocycles. The number of ether oxygens (including phenoxy) is 2. The van der Waals surface area contributed by atoms with Crippen molar-refractivity contribution in [2.24, 2.45) is 0 Å². The van der Waals surface area contributed by atoms with Crippen LogP contribution in [0, 0.1) is 0 Å². The Morgan fingerprint density at radius 3 is 2.69 bits per heavy atom. The molecule has 0 spiro atoms. The van der Waals surface area contributed by atoms with Crippen LogP contribution in [0.4, 0.5) is 0 Å². The molecule has 0 bridgehead atoms. The van der Waals surface area contributed by atoms with Crippen molar-refractivity contribution in [2.45, 2.75) is 19.9 Å². The number of morpholine rings is 1. The smallest absolute Gasteiger partial charge is 0.323 e. The Bertz CT molecular complexity index is 166. The van der Waals surface area contributed by atoms with E-state index in [4.69, 9.17) is 9.47 Å². The van der Waals surface area contributed by atoms with Crippen LogP contribution in [0.25, 0.3) is 0 Å². The Kier molecular flexibility index (Phi) is 4.18. The van der Waals surface area contributed by atoms with Gasteiger partial charge in [0.05, 0.1) is 19.8 Å². The molecule has 4 nitrogen and oxygen atoms in total. The minimum absolute atomic E-state index is 0.135. The van der Waals surface area contributed by atoms with Crippen LogP contribution in [-0.2, 0) is 14.3 Å². The van der Waals surface area contributed by atoms with Gasteiger partial charge in [-0.15, -0.1) is 0 Å². The van der Waals surface area contributed by atoms with Gasteiger partial charge in [0.15, 0.2) is 0 Å². The molecule has 0 unspecified atom stereocenters. The first-order valence-electron chi connectivity index (χ1n) is 4.74. The van der Waals surface area contributed by atoms with Gasteiger partial charge in [-0.3, -0.25) is 9.69 Å². The van der Waals surface area contributed by atoms with E-state index in [2.05, 4.69) is 4.90 Å². The molecule has 0 aromatic rings. The lowest BCUT2D eigenvalue weighted by atomic mass is 10.2. The summed E-state index contributed by atoms with van der Waals surface area (Å²) >= 11 is 0. The van der Waals surface area contributed by atoms with Gasteiger partial charge in [0, 0.05) is 13.1 Å². The monoisotopic (exact) mass is 187 g/mol. The summed E-state index contributed by atoms with van der Waals surface area (Å²) in [6, 6.07) is -0.135. The molecule has 0 aliphatic carbocycles. The number of rotatable bonds is 3. The number of hydrogen-bond acceptors (Lipinski definition) is 4. The molecule has 1 aliphatic heterocycles. The minimum Gasteiger partial charge on any atom is -0.465 e. The molecule has 0 saturated carbocycles. The molecule has 4 heteroatoms. The maximum Gasteiger partial charge on any atom is 0.323 e. The summed E-state index contributed by atoms with van der Waals surface area (Å²) in [5.74, 6) is -0.135. The summed E-state index contributed by atoms with van der Waals surface area (Å²) in [5, 5.41) is 0. The van der Waals surface area contributed by atoms with E-state index < -0.39 is 0 Å². The van der Waals surface area contributed by atoms with Crippen LogP contribution < -0.4 is 0 Å². The first-order chi connectivity index (χ1) is 6.25. The molecule has 76 valence electrons. The highest BCUT2D eigenvalue weighted by atomic mass is 16.5. The molecule has 1 aliphatic rings. The Labute approximate surface area is 78.8 Å². The van der Waals surface area contributed by atoms with Crippen LogP contribution >= 0.6 is 0 Å². The second-order valence-electron chi connectivity index (χ2n) is 3.08. The molecule has 1 saturated heterocycles. The minimum atomic E-state index is -0.135. The summed E-state index contributed by atoms with van der Waals surface area (Å²) in [5.41, 5.74) is 0. The highest BCUT2D eigenvalue weighted by Gasteiger charge is 2.23. The standard InChI is InChI=1S/C9H17NO3/c1-3-13-9(11)8(2)10-4-6-12-7-5-10/h8H,3-7H2,1-2H3/t8-/m0/s1. The maximum absolute atomic E-state index is 11.3. The zero-order valence-electron chi connectivity index (χ0n) is 8.28. The van der Waals surface area contributed by atoms with E-state index in [1.807, 2.05) is 13.8 Å². The highest BCUT2D eigenvalue weighted by Crippen LogP contribution is 2.04. The van der Waals surface area contributed by atoms with Gasteiger partial charge in [-0.1, -0.05) is 0 Å². The van der Waals surface area contributed by atoms with Crippen molar-refractivity contribution in [1.82, 2.24) is 4.90 Å². The van der Waals surface area contributed by atoms with Gasteiger partial charge in [-0.25, -0.2) is 0 Å². The SMILES string of the molecule is CCOC(=O)[C@H](C)N1CCOCC1. The average Bonchev–Trinajstić information content (AvgIpc) is 2.18.